The summed E-state index contributed by atoms with van der Waals surface area (Å²) in [6, 6.07) is 24.0. The lowest BCUT2D eigenvalue weighted by molar-refractivity contribution is 0.102. The van der Waals surface area contributed by atoms with E-state index in [1.165, 1.54) is 6.08 Å². The summed E-state index contributed by atoms with van der Waals surface area (Å²) < 4.78 is 11.3. The molecule has 0 aliphatic rings. The van der Waals surface area contributed by atoms with E-state index < -0.39 is 0 Å². The molecule has 5 aromatic rings. The fraction of sp³-hybridized carbons (Fsp3) is 0. The number of allylic oxidation sites excluding steroid dienone is 1. The predicted octanol–water partition coefficient (Wildman–Crippen LogP) is 7.96. The maximum atomic E-state index is 12.6. The number of furan rings is 1. The van der Waals surface area contributed by atoms with Crippen LogP contribution in [0.1, 0.15) is 16.1 Å². The van der Waals surface area contributed by atoms with Gasteiger partial charge in [0.2, 0.25) is 5.78 Å². The summed E-state index contributed by atoms with van der Waals surface area (Å²) in [5, 5.41) is 5.89. The van der Waals surface area contributed by atoms with Gasteiger partial charge in [0.05, 0.1) is 15.4 Å². The normalized spacial score (nSPS) is 11.4. The summed E-state index contributed by atoms with van der Waals surface area (Å²) in [5.41, 5.74) is 3.29. The molecule has 156 valence electrons. The maximum Gasteiger partial charge on any atom is 0.221 e. The van der Waals surface area contributed by atoms with Gasteiger partial charge in [-0.3, -0.25) is 4.79 Å². The number of ketones is 1. The zero-order valence-corrected chi connectivity index (χ0v) is 18.1. The van der Waals surface area contributed by atoms with E-state index in [1.54, 1.807) is 36.4 Å². The van der Waals surface area contributed by atoms with Gasteiger partial charge in [0.1, 0.15) is 11.3 Å². The molecule has 0 amide bonds. The minimum Gasteiger partial charge on any atom is -0.453 e. The highest BCUT2D eigenvalue weighted by atomic mass is 35.5. The third-order valence-electron chi connectivity index (χ3n) is 5.02. The second kappa shape index (κ2) is 8.50. The van der Waals surface area contributed by atoms with Crippen LogP contribution in [0.15, 0.2) is 93.9 Å². The highest BCUT2D eigenvalue weighted by Gasteiger charge is 2.13. The van der Waals surface area contributed by atoms with Gasteiger partial charge in [0.25, 0.3) is 0 Å². The third-order valence-corrected chi connectivity index (χ3v) is 5.76. The van der Waals surface area contributed by atoms with Crippen molar-refractivity contribution >= 4 is 46.0 Å². The fourth-order valence-electron chi connectivity index (χ4n) is 3.39. The smallest absolute Gasteiger partial charge is 0.221 e. The van der Waals surface area contributed by atoms with Crippen molar-refractivity contribution in [2.24, 2.45) is 0 Å². The molecule has 2 aromatic heterocycles. The van der Waals surface area contributed by atoms with Gasteiger partial charge < -0.3 is 8.94 Å². The molecule has 0 radical (unpaired) electrons. The first-order valence-corrected chi connectivity index (χ1v) is 10.6. The summed E-state index contributed by atoms with van der Waals surface area (Å²) in [6.45, 7) is 0. The van der Waals surface area contributed by atoms with Gasteiger partial charge >= 0.3 is 0 Å². The number of nitrogens with zero attached hydrogens (tertiary/aromatic N) is 1. The van der Waals surface area contributed by atoms with Crippen LogP contribution in [0.5, 0.6) is 0 Å². The summed E-state index contributed by atoms with van der Waals surface area (Å²) in [4.78, 5) is 12.6. The summed E-state index contributed by atoms with van der Waals surface area (Å²) in [7, 11) is 0. The molecule has 3 aromatic carbocycles. The molecule has 0 aliphatic heterocycles. The Morgan fingerprint density at radius 2 is 1.69 bits per heavy atom. The zero-order chi connectivity index (χ0) is 22.1. The van der Waals surface area contributed by atoms with Crippen LogP contribution in [-0.4, -0.2) is 10.9 Å². The van der Waals surface area contributed by atoms with Gasteiger partial charge in [0, 0.05) is 11.1 Å². The number of carbonyl (C=O) groups is 1. The minimum atomic E-state index is -0.245. The van der Waals surface area contributed by atoms with Crippen LogP contribution in [0.2, 0.25) is 10.0 Å². The molecule has 0 unspecified atom stereocenters. The van der Waals surface area contributed by atoms with Crippen molar-refractivity contribution in [3.63, 3.8) is 0 Å². The molecule has 0 bridgehead atoms. The highest BCUT2D eigenvalue weighted by Crippen LogP contribution is 2.31. The summed E-state index contributed by atoms with van der Waals surface area (Å²) >= 11 is 12.0. The van der Waals surface area contributed by atoms with Crippen LogP contribution in [0.25, 0.3) is 39.6 Å². The van der Waals surface area contributed by atoms with Crippen molar-refractivity contribution in [3.8, 4) is 22.6 Å². The Bertz CT molecular complexity index is 1470. The summed E-state index contributed by atoms with van der Waals surface area (Å²) in [6.07, 6.45) is 3.22. The monoisotopic (exact) mass is 459 g/mol. The van der Waals surface area contributed by atoms with Crippen LogP contribution in [0.4, 0.5) is 0 Å². The molecule has 32 heavy (non-hydrogen) atoms. The average molecular weight is 460 g/mol. The fourth-order valence-corrected chi connectivity index (χ4v) is 3.69. The number of halogens is 2. The van der Waals surface area contributed by atoms with Gasteiger partial charge in [-0.25, -0.2) is 0 Å². The van der Waals surface area contributed by atoms with E-state index >= 15 is 0 Å². The van der Waals surface area contributed by atoms with Crippen LogP contribution in [-0.2, 0) is 0 Å². The average Bonchev–Trinajstić information content (AvgIpc) is 3.47. The second-order valence-corrected chi connectivity index (χ2v) is 7.96. The van der Waals surface area contributed by atoms with Gasteiger partial charge in [-0.2, -0.15) is 0 Å². The molecule has 0 N–H and O–H groups in total. The molecule has 2 heterocycles. The van der Waals surface area contributed by atoms with E-state index in [9.17, 15) is 4.79 Å². The Morgan fingerprint density at radius 1 is 0.844 bits per heavy atom. The number of benzene rings is 3. The lowest BCUT2D eigenvalue weighted by atomic mass is 10.1. The van der Waals surface area contributed by atoms with Crippen molar-refractivity contribution in [1.29, 1.82) is 0 Å². The number of carbonyl (C=O) groups excluding carboxylic acids is 1. The van der Waals surface area contributed by atoms with Crippen molar-refractivity contribution in [1.82, 2.24) is 5.16 Å². The first kappa shape index (κ1) is 20.3. The molecule has 6 heteroatoms. The Morgan fingerprint density at radius 3 is 2.50 bits per heavy atom. The molecule has 0 saturated heterocycles. The van der Waals surface area contributed by atoms with Gasteiger partial charge in [0.15, 0.2) is 11.5 Å². The van der Waals surface area contributed by atoms with E-state index in [4.69, 9.17) is 32.1 Å². The summed E-state index contributed by atoms with van der Waals surface area (Å²) in [5.74, 6) is 1.22. The number of hydrogen-bond acceptors (Lipinski definition) is 4. The van der Waals surface area contributed by atoms with E-state index in [-0.39, 0.29) is 11.5 Å². The largest absolute Gasteiger partial charge is 0.453 e. The van der Waals surface area contributed by atoms with E-state index in [0.29, 0.717) is 21.6 Å². The van der Waals surface area contributed by atoms with E-state index in [2.05, 4.69) is 5.16 Å². The van der Waals surface area contributed by atoms with Gasteiger partial charge in [-0.05, 0) is 54.1 Å². The second-order valence-electron chi connectivity index (χ2n) is 7.14. The Kier molecular flexibility index (Phi) is 5.39. The SMILES string of the molecule is O=C(C=Cc1ccc2noc(-c3ccccc3)c2c1)c1ccc(-c2ccc(Cl)c(Cl)c2)o1. The zero-order valence-electron chi connectivity index (χ0n) is 16.6. The number of hydrogen-bond donors (Lipinski definition) is 0. The molecule has 0 spiro atoms. The Hall–Kier alpha value is -3.60. The van der Waals surface area contributed by atoms with E-state index in [1.807, 2.05) is 48.5 Å². The van der Waals surface area contributed by atoms with Crippen LogP contribution in [0.3, 0.4) is 0 Å². The minimum absolute atomic E-state index is 0.235. The van der Waals surface area contributed by atoms with Crippen LogP contribution < -0.4 is 0 Å². The first-order valence-electron chi connectivity index (χ1n) is 9.81. The number of fused-ring (bicyclic) bond motifs is 1. The Balaban J connectivity index is 1.39. The molecular weight excluding hydrogens is 445 g/mol. The Labute approximate surface area is 193 Å². The lowest BCUT2D eigenvalue weighted by Crippen LogP contribution is -1.90. The highest BCUT2D eigenvalue weighted by molar-refractivity contribution is 6.42. The quantitative estimate of drug-likeness (QED) is 0.197. The molecule has 0 atom stereocenters. The maximum absolute atomic E-state index is 12.6. The predicted molar refractivity (Wildman–Crippen MR) is 127 cm³/mol. The van der Waals surface area contributed by atoms with Gasteiger partial charge in [-0.1, -0.05) is 70.8 Å². The van der Waals surface area contributed by atoms with Crippen LogP contribution >= 0.6 is 23.2 Å². The first-order chi connectivity index (χ1) is 15.6. The van der Waals surface area contributed by atoms with E-state index in [0.717, 1.165) is 27.6 Å². The van der Waals surface area contributed by atoms with Crippen molar-refractivity contribution < 1.29 is 13.7 Å². The van der Waals surface area contributed by atoms with Crippen molar-refractivity contribution in [2.45, 2.75) is 0 Å². The molecule has 0 saturated carbocycles. The topological polar surface area (TPSA) is 56.2 Å². The number of aromatic nitrogens is 1. The molecule has 4 nitrogen and oxygen atoms in total. The molecular formula is C26H15Cl2NO3. The molecule has 5 rings (SSSR count). The van der Waals surface area contributed by atoms with Crippen LogP contribution in [0, 0.1) is 0 Å². The van der Waals surface area contributed by atoms with Crippen molar-refractivity contribution in [3.05, 3.63) is 106 Å². The molecule has 0 fully saturated rings. The third kappa shape index (κ3) is 3.98. The van der Waals surface area contributed by atoms with Gasteiger partial charge in [-0.15, -0.1) is 0 Å². The molecule has 0 aliphatic carbocycles. The lowest BCUT2D eigenvalue weighted by Gasteiger charge is -2.00. The standard InChI is InChI=1S/C26H15Cl2NO3/c27-20-9-8-18(15-21(20)28)24-12-13-25(31-24)23(30)11-7-16-6-10-22-19(14-16)26(32-29-22)17-4-2-1-3-5-17/h1-15H. The number of rotatable bonds is 5. The van der Waals surface area contributed by atoms with Crippen molar-refractivity contribution in [2.75, 3.05) is 0 Å².